The van der Waals surface area contributed by atoms with Crippen LogP contribution in [0.5, 0.6) is 0 Å². The third-order valence-electron chi connectivity index (χ3n) is 4.90. The zero-order valence-corrected chi connectivity index (χ0v) is 16.5. The summed E-state index contributed by atoms with van der Waals surface area (Å²) >= 11 is 0. The molecule has 0 spiro atoms. The molecule has 0 aliphatic carbocycles. The maximum Gasteiger partial charge on any atom is 0.332 e. The summed E-state index contributed by atoms with van der Waals surface area (Å²) in [6.45, 7) is 2.46. The van der Waals surface area contributed by atoms with Crippen molar-refractivity contribution in [3.05, 3.63) is 27.2 Å². The molecule has 2 aromatic heterocycles. The number of fused-ring (bicyclic) bond motifs is 1. The number of aliphatic imine (C=N–C) groups is 1. The lowest BCUT2D eigenvalue weighted by Crippen LogP contribution is -2.37. The average molecular weight is 383 g/mol. The molecule has 0 unspecified atom stereocenters. The molecule has 3 rings (SSSR count). The minimum absolute atomic E-state index is 0. The number of aromatic nitrogens is 4. The number of halogens is 1. The minimum Gasteiger partial charge on any atom is -0.363 e. The molecule has 1 fully saturated rings. The van der Waals surface area contributed by atoms with E-state index >= 15 is 0 Å². The Hall–Kier alpha value is -2.09. The molecular weight excluding hydrogens is 356 g/mol. The van der Waals surface area contributed by atoms with Gasteiger partial charge in [-0.25, -0.2) is 9.78 Å². The van der Waals surface area contributed by atoms with Gasteiger partial charge in [0.25, 0.3) is 5.56 Å². The van der Waals surface area contributed by atoms with E-state index in [1.54, 1.807) is 13.4 Å². The van der Waals surface area contributed by atoms with E-state index in [9.17, 15) is 9.59 Å². The smallest absolute Gasteiger partial charge is 0.332 e. The van der Waals surface area contributed by atoms with Gasteiger partial charge in [0.15, 0.2) is 11.2 Å². The van der Waals surface area contributed by atoms with Crippen LogP contribution in [0.15, 0.2) is 20.9 Å². The SMILES string of the molecule is CN1CCCCCC1=NCCCn1cnc2c1c(=O)n(C)c(=O)n2C.Cl. The average Bonchev–Trinajstić information content (AvgIpc) is 2.92. The van der Waals surface area contributed by atoms with E-state index in [-0.39, 0.29) is 23.7 Å². The summed E-state index contributed by atoms with van der Waals surface area (Å²) < 4.78 is 4.36. The quantitative estimate of drug-likeness (QED) is 0.743. The predicted octanol–water partition coefficient (Wildman–Crippen LogP) is 1.15. The fourth-order valence-corrected chi connectivity index (χ4v) is 3.34. The van der Waals surface area contributed by atoms with Gasteiger partial charge in [-0.15, -0.1) is 12.4 Å². The maximum absolute atomic E-state index is 12.4. The normalized spacial score (nSPS) is 16.7. The van der Waals surface area contributed by atoms with Crippen LogP contribution < -0.4 is 11.2 Å². The third kappa shape index (κ3) is 3.85. The number of aryl methyl sites for hydroxylation is 2. The molecule has 26 heavy (non-hydrogen) atoms. The zero-order valence-electron chi connectivity index (χ0n) is 15.6. The Labute approximate surface area is 158 Å². The largest absolute Gasteiger partial charge is 0.363 e. The van der Waals surface area contributed by atoms with E-state index in [2.05, 4.69) is 16.9 Å². The highest BCUT2D eigenvalue weighted by Gasteiger charge is 2.14. The van der Waals surface area contributed by atoms with Crippen molar-refractivity contribution in [2.24, 2.45) is 19.1 Å². The Morgan fingerprint density at radius 2 is 1.88 bits per heavy atom. The predicted molar refractivity (Wildman–Crippen MR) is 105 cm³/mol. The van der Waals surface area contributed by atoms with Crippen molar-refractivity contribution in [2.45, 2.75) is 38.6 Å². The second kappa shape index (κ2) is 8.53. The number of likely N-dealkylation sites (tertiary alicyclic amines) is 1. The van der Waals surface area contributed by atoms with Crippen LogP contribution in [0.3, 0.4) is 0 Å². The summed E-state index contributed by atoms with van der Waals surface area (Å²) in [4.78, 5) is 35.6. The number of imidazole rings is 1. The van der Waals surface area contributed by atoms with E-state index in [1.807, 2.05) is 4.57 Å². The lowest BCUT2D eigenvalue weighted by molar-refractivity contribution is 0.491. The van der Waals surface area contributed by atoms with Crippen molar-refractivity contribution in [3.63, 3.8) is 0 Å². The monoisotopic (exact) mass is 382 g/mol. The van der Waals surface area contributed by atoms with Crippen molar-refractivity contribution in [1.29, 1.82) is 0 Å². The molecule has 0 bridgehead atoms. The Morgan fingerprint density at radius 3 is 2.65 bits per heavy atom. The summed E-state index contributed by atoms with van der Waals surface area (Å²) in [7, 11) is 5.24. The second-order valence-corrected chi connectivity index (χ2v) is 6.70. The highest BCUT2D eigenvalue weighted by molar-refractivity contribution is 5.85. The van der Waals surface area contributed by atoms with E-state index in [1.165, 1.54) is 36.7 Å². The van der Waals surface area contributed by atoms with Crippen LogP contribution in [-0.4, -0.2) is 49.6 Å². The summed E-state index contributed by atoms with van der Waals surface area (Å²) in [6.07, 6.45) is 7.22. The molecule has 1 aliphatic rings. The molecule has 0 atom stereocenters. The maximum atomic E-state index is 12.4. The fourth-order valence-electron chi connectivity index (χ4n) is 3.34. The van der Waals surface area contributed by atoms with Gasteiger partial charge in [-0.2, -0.15) is 0 Å². The molecule has 3 heterocycles. The van der Waals surface area contributed by atoms with E-state index in [0.717, 1.165) is 30.5 Å². The topological polar surface area (TPSA) is 77.4 Å². The van der Waals surface area contributed by atoms with Gasteiger partial charge >= 0.3 is 5.69 Å². The van der Waals surface area contributed by atoms with Crippen LogP contribution in [0, 0.1) is 0 Å². The Morgan fingerprint density at radius 1 is 1.12 bits per heavy atom. The van der Waals surface area contributed by atoms with Gasteiger partial charge < -0.3 is 9.47 Å². The zero-order chi connectivity index (χ0) is 18.0. The number of rotatable bonds is 4. The van der Waals surface area contributed by atoms with Crippen LogP contribution in [-0.2, 0) is 20.6 Å². The standard InChI is InChI=1S/C17H26N6O2.ClH/c1-20-10-6-4-5-8-13(20)18-9-7-11-23-12-19-15-14(23)16(24)22(3)17(25)21(15)2;/h12H,4-11H2,1-3H3;1H. The molecule has 0 aromatic carbocycles. The number of amidine groups is 1. The van der Waals surface area contributed by atoms with Crippen molar-refractivity contribution < 1.29 is 0 Å². The molecule has 0 radical (unpaired) electrons. The van der Waals surface area contributed by atoms with Crippen LogP contribution in [0.1, 0.15) is 32.1 Å². The van der Waals surface area contributed by atoms with Crippen LogP contribution in [0.4, 0.5) is 0 Å². The molecule has 144 valence electrons. The number of nitrogens with zero attached hydrogens (tertiary/aromatic N) is 6. The van der Waals surface area contributed by atoms with Crippen molar-refractivity contribution >= 4 is 29.4 Å². The number of hydrogen-bond donors (Lipinski definition) is 0. The van der Waals surface area contributed by atoms with Gasteiger partial charge in [-0.05, 0) is 19.3 Å². The van der Waals surface area contributed by atoms with Gasteiger partial charge in [-0.1, -0.05) is 6.42 Å². The molecule has 9 heteroatoms. The first-order valence-electron chi connectivity index (χ1n) is 8.86. The molecule has 1 aliphatic heterocycles. The Kier molecular flexibility index (Phi) is 6.63. The van der Waals surface area contributed by atoms with Gasteiger partial charge in [0, 0.05) is 47.2 Å². The Balaban J connectivity index is 0.00000243. The van der Waals surface area contributed by atoms with E-state index < -0.39 is 0 Å². The molecule has 0 N–H and O–H groups in total. The minimum atomic E-state index is -0.356. The molecular formula is C17H27ClN6O2. The van der Waals surface area contributed by atoms with Crippen molar-refractivity contribution in [1.82, 2.24) is 23.6 Å². The summed E-state index contributed by atoms with van der Waals surface area (Å²) in [5.74, 6) is 1.19. The second-order valence-electron chi connectivity index (χ2n) is 6.70. The third-order valence-corrected chi connectivity index (χ3v) is 4.90. The molecule has 0 amide bonds. The highest BCUT2D eigenvalue weighted by Crippen LogP contribution is 2.11. The van der Waals surface area contributed by atoms with Gasteiger partial charge in [0.1, 0.15) is 0 Å². The van der Waals surface area contributed by atoms with E-state index in [0.29, 0.717) is 17.7 Å². The lowest BCUT2D eigenvalue weighted by atomic mass is 10.2. The first-order valence-corrected chi connectivity index (χ1v) is 8.86. The first-order chi connectivity index (χ1) is 12.0. The van der Waals surface area contributed by atoms with E-state index in [4.69, 9.17) is 4.99 Å². The summed E-state index contributed by atoms with van der Waals surface area (Å²) in [6, 6.07) is 0. The fraction of sp³-hybridized carbons (Fsp3) is 0.647. The highest BCUT2D eigenvalue weighted by atomic mass is 35.5. The van der Waals surface area contributed by atoms with Gasteiger partial charge in [0.2, 0.25) is 0 Å². The molecule has 2 aromatic rings. The molecule has 1 saturated heterocycles. The Bertz CT molecular complexity index is 910. The summed E-state index contributed by atoms with van der Waals surface area (Å²) in [5.41, 5.74) is 0.253. The molecule has 8 nitrogen and oxygen atoms in total. The first kappa shape index (κ1) is 20.2. The van der Waals surface area contributed by atoms with Crippen molar-refractivity contribution in [3.8, 4) is 0 Å². The number of hydrogen-bond acceptors (Lipinski definition) is 4. The van der Waals surface area contributed by atoms with Crippen LogP contribution in [0.2, 0.25) is 0 Å². The van der Waals surface area contributed by atoms with Crippen molar-refractivity contribution in [2.75, 3.05) is 20.1 Å². The van der Waals surface area contributed by atoms with Crippen LogP contribution >= 0.6 is 12.4 Å². The summed E-state index contributed by atoms with van der Waals surface area (Å²) in [5, 5.41) is 0. The lowest BCUT2D eigenvalue weighted by Gasteiger charge is -2.18. The molecule has 0 saturated carbocycles. The van der Waals surface area contributed by atoms with Gasteiger partial charge in [0.05, 0.1) is 12.2 Å². The van der Waals surface area contributed by atoms with Crippen LogP contribution in [0.25, 0.3) is 11.2 Å². The van der Waals surface area contributed by atoms with Gasteiger partial charge in [-0.3, -0.25) is 18.9 Å².